The van der Waals surface area contributed by atoms with Crippen LogP contribution in [0.15, 0.2) is 0 Å². The number of hydrogen-bond donors (Lipinski definition) is 2. The minimum atomic E-state index is -0.243. The first kappa shape index (κ1) is 12.5. The Bertz CT molecular complexity index is 213. The van der Waals surface area contributed by atoms with E-state index in [2.05, 4.69) is 12.2 Å². The molecule has 0 saturated carbocycles. The van der Waals surface area contributed by atoms with E-state index in [9.17, 15) is 4.79 Å². The van der Waals surface area contributed by atoms with Crippen LogP contribution in [0.4, 0.5) is 0 Å². The Morgan fingerprint density at radius 2 is 2.13 bits per heavy atom. The number of amides is 1. The highest BCUT2D eigenvalue weighted by atomic mass is 16.5. The maximum atomic E-state index is 10.7. The summed E-state index contributed by atoms with van der Waals surface area (Å²) in [6.07, 6.45) is 2.58. The summed E-state index contributed by atoms with van der Waals surface area (Å²) in [6.45, 7) is 6.89. The quantitative estimate of drug-likeness (QED) is 0.706. The fraction of sp³-hybridized carbons (Fsp3) is 0.909. The highest BCUT2D eigenvalue weighted by Gasteiger charge is 2.27. The van der Waals surface area contributed by atoms with Crippen LogP contribution in [0.1, 0.15) is 33.1 Å². The van der Waals surface area contributed by atoms with Crippen LogP contribution in [0.5, 0.6) is 0 Å². The molecule has 88 valence electrons. The Kier molecular flexibility index (Phi) is 4.54. The Labute approximate surface area is 91.5 Å². The summed E-state index contributed by atoms with van der Waals surface area (Å²) in [5.41, 5.74) is 5.45. The predicted octanol–water partition coefficient (Wildman–Crippen LogP) is 0.657. The van der Waals surface area contributed by atoms with Crippen LogP contribution in [-0.2, 0) is 9.53 Å². The molecule has 0 aromatic rings. The first-order valence-corrected chi connectivity index (χ1v) is 5.61. The van der Waals surface area contributed by atoms with E-state index in [4.69, 9.17) is 10.5 Å². The van der Waals surface area contributed by atoms with Crippen molar-refractivity contribution in [3.8, 4) is 0 Å². The van der Waals surface area contributed by atoms with E-state index in [1.807, 2.05) is 6.92 Å². The summed E-state index contributed by atoms with van der Waals surface area (Å²) in [5, 5.41) is 3.37. The zero-order valence-electron chi connectivity index (χ0n) is 9.71. The van der Waals surface area contributed by atoms with Crippen molar-refractivity contribution < 1.29 is 9.53 Å². The van der Waals surface area contributed by atoms with E-state index in [0.717, 1.165) is 32.6 Å². The number of hydrogen-bond acceptors (Lipinski definition) is 3. The van der Waals surface area contributed by atoms with Gasteiger partial charge in [0.1, 0.15) is 0 Å². The van der Waals surface area contributed by atoms with Crippen molar-refractivity contribution in [2.75, 3.05) is 19.8 Å². The lowest BCUT2D eigenvalue weighted by Gasteiger charge is -2.34. The maximum absolute atomic E-state index is 10.7. The van der Waals surface area contributed by atoms with Crippen LogP contribution in [-0.4, -0.2) is 31.7 Å². The van der Waals surface area contributed by atoms with Crippen LogP contribution in [0.2, 0.25) is 0 Å². The molecule has 1 rings (SSSR count). The summed E-state index contributed by atoms with van der Waals surface area (Å²) < 4.78 is 5.33. The number of primary amides is 1. The molecule has 1 heterocycles. The fourth-order valence-electron chi connectivity index (χ4n) is 1.84. The monoisotopic (exact) mass is 214 g/mol. The largest absolute Gasteiger partial charge is 0.381 e. The Hall–Kier alpha value is -0.610. The van der Waals surface area contributed by atoms with Gasteiger partial charge in [-0.05, 0) is 25.2 Å². The van der Waals surface area contributed by atoms with Crippen molar-refractivity contribution in [2.24, 2.45) is 11.1 Å². The van der Waals surface area contributed by atoms with Gasteiger partial charge >= 0.3 is 0 Å². The molecular weight excluding hydrogens is 192 g/mol. The van der Waals surface area contributed by atoms with Gasteiger partial charge in [0.05, 0.1) is 0 Å². The number of nitrogens with one attached hydrogen (secondary N) is 1. The molecule has 4 heteroatoms. The number of carbonyl (C=O) groups is 1. The standard InChI is InChI=1S/C11H22N2O2/c1-9(7-10(12)14)13-8-11(2)3-5-15-6-4-11/h9,13H,3-8H2,1-2H3,(H2,12,14). The smallest absolute Gasteiger partial charge is 0.218 e. The molecule has 0 bridgehead atoms. The third-order valence-electron chi connectivity index (χ3n) is 3.08. The normalized spacial score (nSPS) is 22.3. The molecule has 0 aliphatic carbocycles. The Balaban J connectivity index is 2.25. The molecule has 1 saturated heterocycles. The number of ether oxygens (including phenoxy) is 1. The number of nitrogens with two attached hydrogens (primary N) is 1. The molecule has 1 amide bonds. The minimum absolute atomic E-state index is 0.169. The van der Waals surface area contributed by atoms with Gasteiger partial charge in [0.2, 0.25) is 5.91 Å². The topological polar surface area (TPSA) is 64.4 Å². The van der Waals surface area contributed by atoms with E-state index in [1.165, 1.54) is 0 Å². The number of carbonyl (C=O) groups excluding carboxylic acids is 1. The van der Waals surface area contributed by atoms with Gasteiger partial charge in [0.15, 0.2) is 0 Å². The maximum Gasteiger partial charge on any atom is 0.218 e. The summed E-state index contributed by atoms with van der Waals surface area (Å²) in [7, 11) is 0. The molecule has 15 heavy (non-hydrogen) atoms. The first-order chi connectivity index (χ1) is 7.02. The second-order valence-corrected chi connectivity index (χ2v) is 4.88. The average Bonchev–Trinajstić information content (AvgIpc) is 2.15. The zero-order valence-corrected chi connectivity index (χ0v) is 9.71. The van der Waals surface area contributed by atoms with E-state index >= 15 is 0 Å². The van der Waals surface area contributed by atoms with Gasteiger partial charge < -0.3 is 15.8 Å². The molecule has 3 N–H and O–H groups in total. The van der Waals surface area contributed by atoms with Crippen LogP contribution < -0.4 is 11.1 Å². The van der Waals surface area contributed by atoms with Crippen LogP contribution in [0, 0.1) is 5.41 Å². The Morgan fingerprint density at radius 1 is 1.53 bits per heavy atom. The van der Waals surface area contributed by atoms with Crippen LogP contribution in [0.25, 0.3) is 0 Å². The molecule has 0 aromatic carbocycles. The van der Waals surface area contributed by atoms with Crippen molar-refractivity contribution in [2.45, 2.75) is 39.2 Å². The van der Waals surface area contributed by atoms with Crippen molar-refractivity contribution >= 4 is 5.91 Å². The van der Waals surface area contributed by atoms with Gasteiger partial charge in [0, 0.05) is 32.2 Å². The second-order valence-electron chi connectivity index (χ2n) is 4.88. The van der Waals surface area contributed by atoms with Gasteiger partial charge in [-0.3, -0.25) is 4.79 Å². The van der Waals surface area contributed by atoms with E-state index in [-0.39, 0.29) is 11.9 Å². The molecule has 1 atom stereocenters. The van der Waals surface area contributed by atoms with Gasteiger partial charge in [-0.1, -0.05) is 6.92 Å². The molecule has 4 nitrogen and oxygen atoms in total. The Morgan fingerprint density at radius 3 is 2.67 bits per heavy atom. The highest BCUT2D eigenvalue weighted by Crippen LogP contribution is 2.28. The lowest BCUT2D eigenvalue weighted by atomic mass is 9.82. The fourth-order valence-corrected chi connectivity index (χ4v) is 1.84. The second kappa shape index (κ2) is 5.47. The van der Waals surface area contributed by atoms with Gasteiger partial charge in [-0.25, -0.2) is 0 Å². The van der Waals surface area contributed by atoms with Crippen molar-refractivity contribution in [3.63, 3.8) is 0 Å². The molecule has 1 aliphatic rings. The molecule has 1 aliphatic heterocycles. The predicted molar refractivity (Wildman–Crippen MR) is 59.4 cm³/mol. The lowest BCUT2D eigenvalue weighted by molar-refractivity contribution is -0.118. The summed E-state index contributed by atoms with van der Waals surface area (Å²) >= 11 is 0. The van der Waals surface area contributed by atoms with E-state index in [1.54, 1.807) is 0 Å². The third-order valence-corrected chi connectivity index (χ3v) is 3.08. The highest BCUT2D eigenvalue weighted by molar-refractivity contribution is 5.74. The summed E-state index contributed by atoms with van der Waals surface area (Å²) in [4.78, 5) is 10.7. The summed E-state index contributed by atoms with van der Waals surface area (Å²) in [6, 6.07) is 0.169. The first-order valence-electron chi connectivity index (χ1n) is 5.61. The molecule has 0 spiro atoms. The third kappa shape index (κ3) is 4.62. The molecule has 1 fully saturated rings. The summed E-state index contributed by atoms with van der Waals surface area (Å²) in [5.74, 6) is -0.243. The zero-order chi connectivity index (χ0) is 11.3. The van der Waals surface area contributed by atoms with Crippen molar-refractivity contribution in [3.05, 3.63) is 0 Å². The van der Waals surface area contributed by atoms with Crippen molar-refractivity contribution in [1.29, 1.82) is 0 Å². The SMILES string of the molecule is CC(CC(N)=O)NCC1(C)CCOCC1. The van der Waals surface area contributed by atoms with E-state index < -0.39 is 0 Å². The van der Waals surface area contributed by atoms with Gasteiger partial charge in [-0.2, -0.15) is 0 Å². The average molecular weight is 214 g/mol. The molecule has 0 aromatic heterocycles. The lowest BCUT2D eigenvalue weighted by Crippen LogP contribution is -2.41. The molecule has 0 radical (unpaired) electrons. The van der Waals surface area contributed by atoms with Gasteiger partial charge in [-0.15, -0.1) is 0 Å². The molecule has 1 unspecified atom stereocenters. The molecular formula is C11H22N2O2. The van der Waals surface area contributed by atoms with Crippen molar-refractivity contribution in [1.82, 2.24) is 5.32 Å². The van der Waals surface area contributed by atoms with Crippen LogP contribution >= 0.6 is 0 Å². The number of rotatable bonds is 5. The van der Waals surface area contributed by atoms with Gasteiger partial charge in [0.25, 0.3) is 0 Å². The minimum Gasteiger partial charge on any atom is -0.381 e. The van der Waals surface area contributed by atoms with Crippen LogP contribution in [0.3, 0.4) is 0 Å². The van der Waals surface area contributed by atoms with E-state index in [0.29, 0.717) is 11.8 Å².